The van der Waals surface area contributed by atoms with Gasteiger partial charge in [0.2, 0.25) is 5.91 Å². The molecule has 1 amide bonds. The number of hydrogen-bond donors (Lipinski definition) is 3. The highest BCUT2D eigenvalue weighted by Crippen LogP contribution is 2.29. The Hall–Kier alpha value is -1.36. The summed E-state index contributed by atoms with van der Waals surface area (Å²) in [7, 11) is 0. The Morgan fingerprint density at radius 3 is 3.05 bits per heavy atom. The Morgan fingerprint density at radius 2 is 2.24 bits per heavy atom. The number of aryl methyl sites for hydroxylation is 1. The quantitative estimate of drug-likeness (QED) is 0.793. The van der Waals surface area contributed by atoms with Gasteiger partial charge in [-0.2, -0.15) is 5.10 Å². The van der Waals surface area contributed by atoms with Crippen LogP contribution in [0.2, 0.25) is 0 Å². The summed E-state index contributed by atoms with van der Waals surface area (Å²) in [6.45, 7) is 4.41. The van der Waals surface area contributed by atoms with Crippen molar-refractivity contribution in [2.45, 2.75) is 51.5 Å². The maximum atomic E-state index is 12.3. The zero-order valence-electron chi connectivity index (χ0n) is 12.8. The SMILES string of the molecule is CC(CC(=O)NC1CCCc2cn[nH]c21)C1CCNCC1. The molecule has 116 valence electrons. The van der Waals surface area contributed by atoms with Crippen LogP contribution in [0.5, 0.6) is 0 Å². The lowest BCUT2D eigenvalue weighted by Crippen LogP contribution is -2.35. The van der Waals surface area contributed by atoms with E-state index in [-0.39, 0.29) is 11.9 Å². The third-order valence-corrected chi connectivity index (χ3v) is 5.07. The summed E-state index contributed by atoms with van der Waals surface area (Å²) in [4.78, 5) is 12.3. The first-order valence-electron chi connectivity index (χ1n) is 8.26. The first kappa shape index (κ1) is 14.6. The van der Waals surface area contributed by atoms with Gasteiger partial charge >= 0.3 is 0 Å². The van der Waals surface area contributed by atoms with Crippen LogP contribution in [-0.4, -0.2) is 29.2 Å². The largest absolute Gasteiger partial charge is 0.348 e. The normalized spacial score (nSPS) is 24.3. The minimum absolute atomic E-state index is 0.129. The first-order valence-corrected chi connectivity index (χ1v) is 8.26. The van der Waals surface area contributed by atoms with Gasteiger partial charge in [-0.3, -0.25) is 9.89 Å². The molecule has 1 aliphatic heterocycles. The number of carbonyl (C=O) groups is 1. The molecule has 0 aromatic carbocycles. The van der Waals surface area contributed by atoms with Gasteiger partial charge in [-0.05, 0) is 62.6 Å². The zero-order chi connectivity index (χ0) is 14.7. The van der Waals surface area contributed by atoms with Crippen molar-refractivity contribution in [2.24, 2.45) is 11.8 Å². The number of rotatable bonds is 4. The molecule has 2 heterocycles. The molecule has 0 bridgehead atoms. The van der Waals surface area contributed by atoms with Crippen molar-refractivity contribution >= 4 is 5.91 Å². The number of piperidine rings is 1. The molecule has 1 fully saturated rings. The molecular formula is C16H26N4O. The van der Waals surface area contributed by atoms with Crippen LogP contribution in [0.3, 0.4) is 0 Å². The molecule has 1 aromatic heterocycles. The topological polar surface area (TPSA) is 69.8 Å². The lowest BCUT2D eigenvalue weighted by Gasteiger charge is -2.29. The molecular weight excluding hydrogens is 264 g/mol. The molecule has 0 spiro atoms. The standard InChI is InChI=1S/C16H26N4O/c1-11(12-5-7-17-8-6-12)9-15(21)19-14-4-2-3-13-10-18-20-16(13)14/h10-12,14,17H,2-9H2,1H3,(H,18,20)(H,19,21). The van der Waals surface area contributed by atoms with Gasteiger partial charge in [-0.1, -0.05) is 6.92 Å². The predicted molar refractivity (Wildman–Crippen MR) is 81.8 cm³/mol. The van der Waals surface area contributed by atoms with Gasteiger partial charge in [0.1, 0.15) is 0 Å². The molecule has 5 nitrogen and oxygen atoms in total. The third kappa shape index (κ3) is 3.46. The molecule has 1 saturated heterocycles. The fourth-order valence-electron chi connectivity index (χ4n) is 3.73. The Morgan fingerprint density at radius 1 is 1.43 bits per heavy atom. The minimum atomic E-state index is 0.129. The average Bonchev–Trinajstić information content (AvgIpc) is 2.97. The van der Waals surface area contributed by atoms with E-state index in [1.807, 2.05) is 6.20 Å². The molecule has 0 radical (unpaired) electrons. The number of aromatic amines is 1. The average molecular weight is 290 g/mol. The van der Waals surface area contributed by atoms with Crippen molar-refractivity contribution in [3.63, 3.8) is 0 Å². The maximum Gasteiger partial charge on any atom is 0.220 e. The van der Waals surface area contributed by atoms with Gasteiger partial charge in [-0.15, -0.1) is 0 Å². The monoisotopic (exact) mass is 290 g/mol. The van der Waals surface area contributed by atoms with Crippen molar-refractivity contribution in [2.75, 3.05) is 13.1 Å². The summed E-state index contributed by atoms with van der Waals surface area (Å²) in [6.07, 6.45) is 8.15. The highest BCUT2D eigenvalue weighted by Gasteiger charge is 2.26. The lowest BCUT2D eigenvalue weighted by atomic mass is 9.84. The summed E-state index contributed by atoms with van der Waals surface area (Å²) in [5.74, 6) is 1.34. The molecule has 5 heteroatoms. The third-order valence-electron chi connectivity index (χ3n) is 5.07. The Balaban J connectivity index is 1.53. The number of nitrogens with zero attached hydrogens (tertiary/aromatic N) is 1. The molecule has 2 aliphatic rings. The van der Waals surface area contributed by atoms with Crippen molar-refractivity contribution < 1.29 is 4.79 Å². The minimum Gasteiger partial charge on any atom is -0.348 e. The van der Waals surface area contributed by atoms with E-state index in [1.54, 1.807) is 0 Å². The van der Waals surface area contributed by atoms with Gasteiger partial charge in [0.15, 0.2) is 0 Å². The Labute approximate surface area is 126 Å². The molecule has 3 rings (SSSR count). The van der Waals surface area contributed by atoms with E-state index in [4.69, 9.17) is 0 Å². The molecule has 1 aromatic rings. The van der Waals surface area contributed by atoms with Gasteiger partial charge in [0.25, 0.3) is 0 Å². The van der Waals surface area contributed by atoms with Crippen LogP contribution in [0.15, 0.2) is 6.20 Å². The molecule has 2 atom stereocenters. The number of aromatic nitrogens is 2. The number of carbonyl (C=O) groups excluding carboxylic acids is 1. The van der Waals surface area contributed by atoms with E-state index in [9.17, 15) is 4.79 Å². The Bertz CT molecular complexity index is 478. The van der Waals surface area contributed by atoms with E-state index in [0.29, 0.717) is 18.3 Å². The van der Waals surface area contributed by atoms with Crippen LogP contribution in [0.4, 0.5) is 0 Å². The first-order chi connectivity index (χ1) is 10.2. The van der Waals surface area contributed by atoms with Crippen LogP contribution >= 0.6 is 0 Å². The smallest absolute Gasteiger partial charge is 0.220 e. The van der Waals surface area contributed by atoms with Gasteiger partial charge in [-0.25, -0.2) is 0 Å². The van der Waals surface area contributed by atoms with Crippen molar-refractivity contribution in [3.8, 4) is 0 Å². The van der Waals surface area contributed by atoms with Crippen LogP contribution in [0.1, 0.15) is 56.3 Å². The zero-order valence-corrected chi connectivity index (χ0v) is 12.8. The number of fused-ring (bicyclic) bond motifs is 1. The van der Waals surface area contributed by atoms with Crippen LogP contribution in [0, 0.1) is 11.8 Å². The summed E-state index contributed by atoms with van der Waals surface area (Å²) in [5, 5.41) is 13.8. The Kier molecular flexibility index (Phi) is 4.58. The maximum absolute atomic E-state index is 12.3. The molecule has 1 aliphatic carbocycles. The highest BCUT2D eigenvalue weighted by atomic mass is 16.1. The van der Waals surface area contributed by atoms with E-state index < -0.39 is 0 Å². The van der Waals surface area contributed by atoms with Crippen molar-refractivity contribution in [1.82, 2.24) is 20.8 Å². The van der Waals surface area contributed by atoms with Crippen LogP contribution in [-0.2, 0) is 11.2 Å². The lowest BCUT2D eigenvalue weighted by molar-refractivity contribution is -0.123. The summed E-state index contributed by atoms with van der Waals surface area (Å²) < 4.78 is 0. The van der Waals surface area contributed by atoms with Gasteiger partial charge in [0, 0.05) is 6.42 Å². The number of amides is 1. The second kappa shape index (κ2) is 6.60. The molecule has 3 N–H and O–H groups in total. The van der Waals surface area contributed by atoms with E-state index in [1.165, 1.54) is 18.4 Å². The summed E-state index contributed by atoms with van der Waals surface area (Å²) >= 11 is 0. The summed E-state index contributed by atoms with van der Waals surface area (Å²) in [5.41, 5.74) is 2.38. The molecule has 0 saturated carbocycles. The highest BCUT2D eigenvalue weighted by molar-refractivity contribution is 5.76. The van der Waals surface area contributed by atoms with E-state index in [0.717, 1.165) is 38.0 Å². The second-order valence-electron chi connectivity index (χ2n) is 6.59. The van der Waals surface area contributed by atoms with Crippen LogP contribution in [0.25, 0.3) is 0 Å². The molecule has 2 unspecified atom stereocenters. The fourth-order valence-corrected chi connectivity index (χ4v) is 3.73. The second-order valence-corrected chi connectivity index (χ2v) is 6.59. The van der Waals surface area contributed by atoms with Crippen molar-refractivity contribution in [1.29, 1.82) is 0 Å². The molecule has 21 heavy (non-hydrogen) atoms. The summed E-state index contributed by atoms with van der Waals surface area (Å²) in [6, 6.07) is 0.129. The van der Waals surface area contributed by atoms with E-state index >= 15 is 0 Å². The van der Waals surface area contributed by atoms with Gasteiger partial charge in [0.05, 0.1) is 17.9 Å². The predicted octanol–water partition coefficient (Wildman–Crippen LogP) is 1.93. The fraction of sp³-hybridized carbons (Fsp3) is 0.750. The van der Waals surface area contributed by atoms with Gasteiger partial charge < -0.3 is 10.6 Å². The number of H-pyrrole nitrogens is 1. The number of nitrogens with one attached hydrogen (secondary N) is 3. The number of hydrogen-bond acceptors (Lipinski definition) is 3. The van der Waals surface area contributed by atoms with E-state index in [2.05, 4.69) is 27.8 Å². The van der Waals surface area contributed by atoms with Crippen molar-refractivity contribution in [3.05, 3.63) is 17.5 Å². The van der Waals surface area contributed by atoms with Crippen LogP contribution < -0.4 is 10.6 Å².